The molecule has 0 unspecified atom stereocenters. The molecule has 1 amide bonds. The molecule has 0 radical (unpaired) electrons. The highest BCUT2D eigenvalue weighted by molar-refractivity contribution is 5.94. The third kappa shape index (κ3) is 4.16. The average molecular weight is 280 g/mol. The molecule has 2 N–H and O–H groups in total. The van der Waals surface area contributed by atoms with Gasteiger partial charge in [-0.25, -0.2) is 0 Å². The van der Waals surface area contributed by atoms with Gasteiger partial charge in [-0.15, -0.1) is 0 Å². The molecule has 0 atom stereocenters. The van der Waals surface area contributed by atoms with Crippen LogP contribution in [0.15, 0.2) is 42.7 Å². The second-order valence-corrected chi connectivity index (χ2v) is 4.52. The van der Waals surface area contributed by atoms with E-state index in [1.165, 1.54) is 0 Å². The summed E-state index contributed by atoms with van der Waals surface area (Å²) in [4.78, 5) is 16.1. The first-order valence-corrected chi connectivity index (χ1v) is 6.58. The van der Waals surface area contributed by atoms with Crippen LogP contribution in [-0.2, 0) is 6.54 Å². The average Bonchev–Trinajstić information content (AvgIpc) is 2.52. The van der Waals surface area contributed by atoms with Crippen molar-refractivity contribution in [3.05, 3.63) is 65.0 Å². The SMILES string of the molecule is Cc1ccncc1CNC(=O)c1ccc(C#CCO)cc1. The minimum absolute atomic E-state index is 0.139. The van der Waals surface area contributed by atoms with E-state index in [0.29, 0.717) is 12.1 Å². The number of carbonyl (C=O) groups is 1. The lowest BCUT2D eigenvalue weighted by atomic mass is 10.1. The van der Waals surface area contributed by atoms with Crippen molar-refractivity contribution >= 4 is 5.91 Å². The van der Waals surface area contributed by atoms with E-state index in [-0.39, 0.29) is 12.5 Å². The van der Waals surface area contributed by atoms with Crippen molar-refractivity contribution in [2.24, 2.45) is 0 Å². The number of nitrogens with zero attached hydrogens (tertiary/aromatic N) is 1. The second kappa shape index (κ2) is 7.22. The zero-order chi connectivity index (χ0) is 15.1. The highest BCUT2D eigenvalue weighted by Gasteiger charge is 2.05. The number of aliphatic hydroxyl groups excluding tert-OH is 1. The van der Waals surface area contributed by atoms with Crippen molar-refractivity contribution in [1.29, 1.82) is 0 Å². The molecule has 0 aliphatic carbocycles. The van der Waals surface area contributed by atoms with Crippen molar-refractivity contribution in [3.8, 4) is 11.8 Å². The van der Waals surface area contributed by atoms with Gasteiger partial charge in [0.2, 0.25) is 0 Å². The van der Waals surface area contributed by atoms with E-state index in [2.05, 4.69) is 22.1 Å². The number of carbonyl (C=O) groups excluding carboxylic acids is 1. The number of hydrogen-bond donors (Lipinski definition) is 2. The summed E-state index contributed by atoms with van der Waals surface area (Å²) in [6.07, 6.45) is 3.48. The fourth-order valence-electron chi connectivity index (χ4n) is 1.81. The number of nitrogens with one attached hydrogen (secondary N) is 1. The predicted octanol–water partition coefficient (Wildman–Crippen LogP) is 1.66. The zero-order valence-electron chi connectivity index (χ0n) is 11.8. The standard InChI is InChI=1S/C17H16N2O2/c1-13-8-9-18-11-16(13)12-19-17(21)15-6-4-14(5-7-15)3-2-10-20/h4-9,11,20H,10,12H2,1H3,(H,19,21). The smallest absolute Gasteiger partial charge is 0.251 e. The zero-order valence-corrected chi connectivity index (χ0v) is 11.8. The molecule has 0 bridgehead atoms. The molecule has 0 aliphatic heterocycles. The van der Waals surface area contributed by atoms with E-state index >= 15 is 0 Å². The Kier molecular flexibility index (Phi) is 5.08. The summed E-state index contributed by atoms with van der Waals surface area (Å²) in [6.45, 7) is 2.26. The number of aliphatic hydroxyl groups is 1. The highest BCUT2D eigenvalue weighted by Crippen LogP contribution is 2.06. The highest BCUT2D eigenvalue weighted by atomic mass is 16.2. The minimum atomic E-state index is -0.174. The molecule has 0 saturated carbocycles. The summed E-state index contributed by atoms with van der Waals surface area (Å²) in [5.41, 5.74) is 3.44. The number of aromatic nitrogens is 1. The maximum absolute atomic E-state index is 12.0. The van der Waals surface area contributed by atoms with Gasteiger partial charge >= 0.3 is 0 Å². The topological polar surface area (TPSA) is 62.2 Å². The first kappa shape index (κ1) is 14.8. The van der Waals surface area contributed by atoms with Crippen molar-refractivity contribution in [1.82, 2.24) is 10.3 Å². The molecule has 0 aliphatic rings. The van der Waals surface area contributed by atoms with E-state index in [9.17, 15) is 4.79 Å². The summed E-state index contributed by atoms with van der Waals surface area (Å²) >= 11 is 0. The molecule has 0 saturated heterocycles. The van der Waals surface area contributed by atoms with Gasteiger partial charge < -0.3 is 10.4 Å². The number of rotatable bonds is 3. The fraction of sp³-hybridized carbons (Fsp3) is 0.176. The van der Waals surface area contributed by atoms with Crippen LogP contribution in [-0.4, -0.2) is 22.6 Å². The third-order valence-corrected chi connectivity index (χ3v) is 3.05. The normalized spacial score (nSPS) is 9.62. The van der Waals surface area contributed by atoms with Gasteiger partial charge in [-0.2, -0.15) is 0 Å². The van der Waals surface area contributed by atoms with Crippen LogP contribution in [0.25, 0.3) is 0 Å². The lowest BCUT2D eigenvalue weighted by molar-refractivity contribution is 0.0951. The predicted molar refractivity (Wildman–Crippen MR) is 80.6 cm³/mol. The molecule has 0 fully saturated rings. The monoisotopic (exact) mass is 280 g/mol. The first-order chi connectivity index (χ1) is 10.2. The van der Waals surface area contributed by atoms with Crippen LogP contribution in [0, 0.1) is 18.8 Å². The molecule has 2 rings (SSSR count). The number of benzene rings is 1. The van der Waals surface area contributed by atoms with Crippen LogP contribution >= 0.6 is 0 Å². The van der Waals surface area contributed by atoms with Crippen molar-refractivity contribution < 1.29 is 9.90 Å². The summed E-state index contributed by atoms with van der Waals surface area (Å²) in [7, 11) is 0. The Morgan fingerprint density at radius 3 is 2.71 bits per heavy atom. The molecule has 1 aromatic carbocycles. The number of hydrogen-bond acceptors (Lipinski definition) is 3. The van der Waals surface area contributed by atoms with Crippen LogP contribution in [0.4, 0.5) is 0 Å². The Labute approximate surface area is 123 Å². The summed E-state index contributed by atoms with van der Waals surface area (Å²) in [5.74, 6) is 5.21. The van der Waals surface area contributed by atoms with E-state index in [1.807, 2.05) is 13.0 Å². The molecular formula is C17H16N2O2. The molecule has 1 aromatic heterocycles. The van der Waals surface area contributed by atoms with Crippen LogP contribution in [0.5, 0.6) is 0 Å². The van der Waals surface area contributed by atoms with Crippen LogP contribution < -0.4 is 5.32 Å². The summed E-state index contributed by atoms with van der Waals surface area (Å²) < 4.78 is 0. The van der Waals surface area contributed by atoms with Gasteiger partial charge in [0.25, 0.3) is 5.91 Å². The molecule has 4 heteroatoms. The Bertz CT molecular complexity index is 682. The molecule has 21 heavy (non-hydrogen) atoms. The molecule has 0 spiro atoms. The lowest BCUT2D eigenvalue weighted by Gasteiger charge is -2.07. The van der Waals surface area contributed by atoms with Crippen LogP contribution in [0.2, 0.25) is 0 Å². The van der Waals surface area contributed by atoms with Gasteiger partial charge in [0.05, 0.1) is 0 Å². The van der Waals surface area contributed by atoms with Crippen LogP contribution in [0.1, 0.15) is 27.0 Å². The second-order valence-electron chi connectivity index (χ2n) is 4.52. The Morgan fingerprint density at radius 2 is 2.05 bits per heavy atom. The molecular weight excluding hydrogens is 264 g/mol. The quantitative estimate of drug-likeness (QED) is 0.841. The summed E-state index contributed by atoms with van der Waals surface area (Å²) in [5, 5.41) is 11.5. The first-order valence-electron chi connectivity index (χ1n) is 6.58. The van der Waals surface area contributed by atoms with Crippen molar-refractivity contribution in [2.75, 3.05) is 6.61 Å². The van der Waals surface area contributed by atoms with E-state index in [4.69, 9.17) is 5.11 Å². The van der Waals surface area contributed by atoms with E-state index in [1.54, 1.807) is 36.7 Å². The maximum atomic E-state index is 12.0. The van der Waals surface area contributed by atoms with E-state index in [0.717, 1.165) is 16.7 Å². The van der Waals surface area contributed by atoms with Gasteiger partial charge in [-0.1, -0.05) is 11.8 Å². The fourth-order valence-corrected chi connectivity index (χ4v) is 1.81. The minimum Gasteiger partial charge on any atom is -0.384 e. The molecule has 1 heterocycles. The summed E-state index contributed by atoms with van der Waals surface area (Å²) in [6, 6.07) is 8.86. The Balaban J connectivity index is 1.99. The molecule has 4 nitrogen and oxygen atoms in total. The third-order valence-electron chi connectivity index (χ3n) is 3.05. The van der Waals surface area contributed by atoms with Gasteiger partial charge in [0.1, 0.15) is 6.61 Å². The Morgan fingerprint density at radius 1 is 1.29 bits per heavy atom. The maximum Gasteiger partial charge on any atom is 0.251 e. The largest absolute Gasteiger partial charge is 0.384 e. The van der Waals surface area contributed by atoms with Crippen molar-refractivity contribution in [2.45, 2.75) is 13.5 Å². The molecule has 106 valence electrons. The van der Waals surface area contributed by atoms with Gasteiger partial charge in [-0.3, -0.25) is 9.78 Å². The van der Waals surface area contributed by atoms with Gasteiger partial charge in [0, 0.05) is 30.1 Å². The van der Waals surface area contributed by atoms with E-state index < -0.39 is 0 Å². The number of amides is 1. The lowest BCUT2D eigenvalue weighted by Crippen LogP contribution is -2.23. The van der Waals surface area contributed by atoms with Crippen LogP contribution in [0.3, 0.4) is 0 Å². The van der Waals surface area contributed by atoms with Gasteiger partial charge in [-0.05, 0) is 48.4 Å². The van der Waals surface area contributed by atoms with Crippen molar-refractivity contribution in [3.63, 3.8) is 0 Å². The van der Waals surface area contributed by atoms with Gasteiger partial charge in [0.15, 0.2) is 0 Å². The number of pyridine rings is 1. The number of aryl methyl sites for hydroxylation is 1. The Hall–Kier alpha value is -2.64. The molecule has 2 aromatic rings.